The summed E-state index contributed by atoms with van der Waals surface area (Å²) in [5.74, 6) is 1.85. The van der Waals surface area contributed by atoms with Gasteiger partial charge in [-0.3, -0.25) is 0 Å². The molecule has 180 valence electrons. The van der Waals surface area contributed by atoms with Crippen LogP contribution >= 0.6 is 0 Å². The van der Waals surface area contributed by atoms with Gasteiger partial charge in [0.1, 0.15) is 0 Å². The maximum absolute atomic E-state index is 10.6. The third-order valence-corrected chi connectivity index (χ3v) is 8.57. The van der Waals surface area contributed by atoms with Crippen LogP contribution in [0.1, 0.15) is 103 Å². The zero-order valence-corrected chi connectivity index (χ0v) is 21.0. The van der Waals surface area contributed by atoms with E-state index in [1.54, 1.807) is 0 Å². The first-order chi connectivity index (χ1) is 15.0. The highest BCUT2D eigenvalue weighted by Gasteiger charge is 2.48. The third kappa shape index (κ3) is 6.24. The van der Waals surface area contributed by atoms with Crippen LogP contribution in [-0.2, 0) is 6.42 Å². The van der Waals surface area contributed by atoms with Gasteiger partial charge in [-0.05, 0) is 99.2 Å². The van der Waals surface area contributed by atoms with Gasteiger partial charge in [0.15, 0.2) is 0 Å². The van der Waals surface area contributed by atoms with E-state index >= 15 is 0 Å². The van der Waals surface area contributed by atoms with Crippen molar-refractivity contribution in [3.63, 3.8) is 0 Å². The standard InChI is InChI=1S/C29H46O3/c1-20(8-6-16-28(3,4)32)25-14-15-26-23-12-10-22(11-13-23)18-24(30)19-27(31)21(2)9-7-17-29(25,26)5/h9-13,20,24-27,30-32H,6-8,14-19H2,1-5H3/b21-9-/t20-,24-,25-,26?,27+,29-/m1/s1. The Bertz CT molecular complexity index is 760. The largest absolute Gasteiger partial charge is 0.393 e. The summed E-state index contributed by atoms with van der Waals surface area (Å²) < 4.78 is 0. The quantitative estimate of drug-likeness (QED) is 0.479. The molecule has 1 aromatic rings. The Morgan fingerprint density at radius 2 is 1.81 bits per heavy atom. The second kappa shape index (κ2) is 10.4. The van der Waals surface area contributed by atoms with Crippen molar-refractivity contribution >= 4 is 0 Å². The van der Waals surface area contributed by atoms with E-state index in [-0.39, 0.29) is 5.41 Å². The summed E-state index contributed by atoms with van der Waals surface area (Å²) in [6.45, 7) is 10.7. The summed E-state index contributed by atoms with van der Waals surface area (Å²) in [5.41, 5.74) is 3.21. The van der Waals surface area contributed by atoms with Gasteiger partial charge < -0.3 is 15.3 Å². The molecule has 0 aromatic heterocycles. The molecule has 0 amide bonds. The summed E-state index contributed by atoms with van der Waals surface area (Å²) in [7, 11) is 0. The molecule has 32 heavy (non-hydrogen) atoms. The number of aliphatic hydroxyl groups is 3. The van der Waals surface area contributed by atoms with Crippen LogP contribution in [0.3, 0.4) is 0 Å². The molecule has 0 saturated heterocycles. The SMILES string of the molecule is C/C1=C/CC[C@@]2(C)C(CC[C@@H]2[C@H](C)CCCC(C)(C)O)c2ccc(cc2)C[C@@H](O)C[C@@H]1O. The number of fused-ring (bicyclic) bond motifs is 8. The summed E-state index contributed by atoms with van der Waals surface area (Å²) in [6.07, 6.45) is 9.77. The molecule has 3 aliphatic carbocycles. The number of hydrogen-bond acceptors (Lipinski definition) is 3. The first-order valence-electron chi connectivity index (χ1n) is 12.8. The molecule has 4 rings (SSSR count). The lowest BCUT2D eigenvalue weighted by Gasteiger charge is -2.41. The Morgan fingerprint density at radius 3 is 2.47 bits per heavy atom. The van der Waals surface area contributed by atoms with Crippen LogP contribution < -0.4 is 0 Å². The molecule has 0 aliphatic heterocycles. The van der Waals surface area contributed by atoms with Gasteiger partial charge in [-0.25, -0.2) is 0 Å². The lowest BCUT2D eigenvalue weighted by molar-refractivity contribution is 0.0626. The highest BCUT2D eigenvalue weighted by atomic mass is 16.3. The molecule has 0 heterocycles. The first-order valence-corrected chi connectivity index (χ1v) is 12.8. The van der Waals surface area contributed by atoms with E-state index in [1.807, 2.05) is 20.8 Å². The monoisotopic (exact) mass is 442 g/mol. The number of allylic oxidation sites excluding steroid dienone is 1. The van der Waals surface area contributed by atoms with Crippen molar-refractivity contribution in [2.45, 2.75) is 116 Å². The van der Waals surface area contributed by atoms with Crippen LogP contribution in [-0.4, -0.2) is 33.1 Å². The van der Waals surface area contributed by atoms with Gasteiger partial charge in [0.05, 0.1) is 17.8 Å². The predicted molar refractivity (Wildman–Crippen MR) is 133 cm³/mol. The molecule has 1 aromatic carbocycles. The van der Waals surface area contributed by atoms with Gasteiger partial charge >= 0.3 is 0 Å². The van der Waals surface area contributed by atoms with E-state index in [0.29, 0.717) is 30.6 Å². The van der Waals surface area contributed by atoms with Crippen molar-refractivity contribution in [2.75, 3.05) is 0 Å². The van der Waals surface area contributed by atoms with E-state index in [1.165, 1.54) is 24.8 Å². The second-order valence-corrected chi connectivity index (χ2v) is 11.8. The molecule has 3 aliphatic rings. The van der Waals surface area contributed by atoms with Crippen LogP contribution in [0.25, 0.3) is 0 Å². The van der Waals surface area contributed by atoms with Crippen LogP contribution in [0.4, 0.5) is 0 Å². The topological polar surface area (TPSA) is 60.7 Å². The lowest BCUT2D eigenvalue weighted by Crippen LogP contribution is -2.32. The van der Waals surface area contributed by atoms with Crippen molar-refractivity contribution in [3.05, 3.63) is 47.0 Å². The van der Waals surface area contributed by atoms with Gasteiger partial charge in [0.25, 0.3) is 0 Å². The van der Waals surface area contributed by atoms with E-state index < -0.39 is 17.8 Å². The fraction of sp³-hybridized carbons (Fsp3) is 0.724. The van der Waals surface area contributed by atoms with Gasteiger partial charge in [-0.15, -0.1) is 0 Å². The number of aliphatic hydroxyl groups excluding tert-OH is 2. The van der Waals surface area contributed by atoms with Crippen molar-refractivity contribution in [3.8, 4) is 0 Å². The maximum Gasteiger partial charge on any atom is 0.0772 e. The predicted octanol–water partition coefficient (Wildman–Crippen LogP) is 6.16. The first kappa shape index (κ1) is 25.5. The average molecular weight is 443 g/mol. The van der Waals surface area contributed by atoms with Crippen LogP contribution in [0.5, 0.6) is 0 Å². The minimum Gasteiger partial charge on any atom is -0.393 e. The van der Waals surface area contributed by atoms with Gasteiger partial charge in [0, 0.05) is 6.42 Å². The summed E-state index contributed by atoms with van der Waals surface area (Å²) in [6, 6.07) is 8.94. The van der Waals surface area contributed by atoms with Crippen molar-refractivity contribution in [1.82, 2.24) is 0 Å². The minimum absolute atomic E-state index is 0.223. The van der Waals surface area contributed by atoms with Crippen molar-refractivity contribution < 1.29 is 15.3 Å². The van der Waals surface area contributed by atoms with Crippen molar-refractivity contribution in [1.29, 1.82) is 0 Å². The number of benzene rings is 1. The second-order valence-electron chi connectivity index (χ2n) is 11.8. The number of rotatable bonds is 5. The molecular formula is C29H46O3. The highest BCUT2D eigenvalue weighted by molar-refractivity contribution is 5.29. The molecular weight excluding hydrogens is 396 g/mol. The fourth-order valence-electron chi connectivity index (χ4n) is 6.60. The Hall–Kier alpha value is -1.16. The Morgan fingerprint density at radius 1 is 1.12 bits per heavy atom. The zero-order chi connectivity index (χ0) is 23.5. The molecule has 2 bridgehead atoms. The molecule has 3 N–H and O–H groups in total. The van der Waals surface area contributed by atoms with Gasteiger partial charge in [0.2, 0.25) is 0 Å². The summed E-state index contributed by atoms with van der Waals surface area (Å²) in [4.78, 5) is 0. The normalized spacial score (nSPS) is 34.4. The molecule has 1 fully saturated rings. The van der Waals surface area contributed by atoms with Crippen LogP contribution in [0.2, 0.25) is 0 Å². The molecule has 0 radical (unpaired) electrons. The maximum atomic E-state index is 10.6. The Kier molecular flexibility index (Phi) is 8.28. The third-order valence-electron chi connectivity index (χ3n) is 8.57. The smallest absolute Gasteiger partial charge is 0.0772 e. The highest BCUT2D eigenvalue weighted by Crippen LogP contribution is 2.58. The lowest BCUT2D eigenvalue weighted by atomic mass is 9.64. The van der Waals surface area contributed by atoms with E-state index in [2.05, 4.69) is 44.2 Å². The van der Waals surface area contributed by atoms with Gasteiger partial charge in [-0.1, -0.05) is 57.0 Å². The number of hydrogen-bond donors (Lipinski definition) is 3. The van der Waals surface area contributed by atoms with E-state index in [0.717, 1.165) is 36.8 Å². The van der Waals surface area contributed by atoms with E-state index in [4.69, 9.17) is 0 Å². The molecule has 6 atom stereocenters. The zero-order valence-electron chi connectivity index (χ0n) is 21.0. The Labute approximate surface area is 196 Å². The van der Waals surface area contributed by atoms with Crippen molar-refractivity contribution in [2.24, 2.45) is 17.3 Å². The molecule has 3 nitrogen and oxygen atoms in total. The summed E-state index contributed by atoms with van der Waals surface area (Å²) >= 11 is 0. The average Bonchev–Trinajstić information content (AvgIpc) is 3.03. The molecule has 1 saturated carbocycles. The minimum atomic E-state index is -0.579. The molecule has 0 spiro atoms. The Balaban J connectivity index is 1.85. The summed E-state index contributed by atoms with van der Waals surface area (Å²) in [5, 5.41) is 31.1. The van der Waals surface area contributed by atoms with E-state index in [9.17, 15) is 15.3 Å². The van der Waals surface area contributed by atoms with Crippen LogP contribution in [0, 0.1) is 17.3 Å². The molecule has 3 heteroatoms. The van der Waals surface area contributed by atoms with Crippen LogP contribution in [0.15, 0.2) is 35.9 Å². The molecule has 1 unspecified atom stereocenters. The fourth-order valence-corrected chi connectivity index (χ4v) is 6.60. The van der Waals surface area contributed by atoms with Gasteiger partial charge in [-0.2, -0.15) is 0 Å².